The summed E-state index contributed by atoms with van der Waals surface area (Å²) in [6.07, 6.45) is 2.92. The first-order chi connectivity index (χ1) is 9.67. The molecule has 1 heterocycles. The maximum Gasteiger partial charge on any atom is 0.118 e. The number of methoxy groups -OCH3 is 1. The molecule has 1 aromatic heterocycles. The number of halogens is 1. The second kappa shape index (κ2) is 6.90. The summed E-state index contributed by atoms with van der Waals surface area (Å²) in [5, 5.41) is 7.89. The summed E-state index contributed by atoms with van der Waals surface area (Å²) in [6.45, 7) is 3.12. The van der Waals surface area contributed by atoms with Crippen molar-refractivity contribution in [2.45, 2.75) is 19.4 Å². The third-order valence-electron chi connectivity index (χ3n) is 3.26. The molecule has 0 saturated carbocycles. The van der Waals surface area contributed by atoms with Crippen LogP contribution >= 0.6 is 15.9 Å². The van der Waals surface area contributed by atoms with Crippen molar-refractivity contribution in [2.75, 3.05) is 13.7 Å². The van der Waals surface area contributed by atoms with E-state index in [0.717, 1.165) is 28.9 Å². The smallest absolute Gasteiger partial charge is 0.118 e. The largest absolute Gasteiger partial charge is 0.497 e. The molecule has 0 spiro atoms. The summed E-state index contributed by atoms with van der Waals surface area (Å²) in [6, 6.07) is 8.26. The Hall–Kier alpha value is -1.33. The highest BCUT2D eigenvalue weighted by Crippen LogP contribution is 2.29. The quantitative estimate of drug-likeness (QED) is 0.879. The Morgan fingerprint density at radius 3 is 2.55 bits per heavy atom. The lowest BCUT2D eigenvalue weighted by Gasteiger charge is -2.20. The molecule has 0 aliphatic carbocycles. The van der Waals surface area contributed by atoms with Crippen LogP contribution in [0.2, 0.25) is 0 Å². The minimum absolute atomic E-state index is 0.114. The van der Waals surface area contributed by atoms with Crippen molar-refractivity contribution in [1.29, 1.82) is 0 Å². The van der Waals surface area contributed by atoms with Crippen molar-refractivity contribution in [1.82, 2.24) is 15.1 Å². The van der Waals surface area contributed by atoms with Gasteiger partial charge in [0, 0.05) is 7.05 Å². The van der Waals surface area contributed by atoms with Crippen LogP contribution < -0.4 is 10.1 Å². The van der Waals surface area contributed by atoms with E-state index in [1.165, 1.54) is 5.56 Å². The number of hydrogen-bond donors (Lipinski definition) is 1. The molecule has 1 unspecified atom stereocenters. The molecule has 1 atom stereocenters. The number of ether oxygens (including phenoxy) is 1. The summed E-state index contributed by atoms with van der Waals surface area (Å²) < 4.78 is 8.14. The van der Waals surface area contributed by atoms with E-state index in [4.69, 9.17) is 4.74 Å². The van der Waals surface area contributed by atoms with Gasteiger partial charge in [-0.25, -0.2) is 0 Å². The molecule has 0 aliphatic rings. The Morgan fingerprint density at radius 1 is 1.35 bits per heavy atom. The van der Waals surface area contributed by atoms with E-state index in [1.807, 2.05) is 30.1 Å². The van der Waals surface area contributed by atoms with Gasteiger partial charge in [0.05, 0.1) is 29.5 Å². The van der Waals surface area contributed by atoms with Crippen LogP contribution in [0.5, 0.6) is 5.75 Å². The van der Waals surface area contributed by atoms with Gasteiger partial charge in [-0.2, -0.15) is 5.10 Å². The van der Waals surface area contributed by atoms with Crippen LogP contribution in [-0.2, 0) is 7.05 Å². The van der Waals surface area contributed by atoms with E-state index in [9.17, 15) is 0 Å². The van der Waals surface area contributed by atoms with Gasteiger partial charge in [0.2, 0.25) is 0 Å². The van der Waals surface area contributed by atoms with Gasteiger partial charge in [-0.05, 0) is 46.6 Å². The number of rotatable bonds is 6. The summed E-state index contributed by atoms with van der Waals surface area (Å²) in [5.74, 6) is 0.868. The van der Waals surface area contributed by atoms with Gasteiger partial charge in [-0.3, -0.25) is 4.68 Å². The number of aromatic nitrogens is 2. The molecular weight excluding hydrogens is 318 g/mol. The monoisotopic (exact) mass is 337 g/mol. The van der Waals surface area contributed by atoms with Crippen molar-refractivity contribution in [3.8, 4) is 5.75 Å². The SMILES string of the molecule is CCCNC(c1ccc(OC)cc1)c1c(Br)cnn1C. The first kappa shape index (κ1) is 15.1. The Morgan fingerprint density at radius 2 is 2.05 bits per heavy atom. The molecule has 0 fully saturated rings. The molecule has 0 bridgehead atoms. The number of hydrogen-bond acceptors (Lipinski definition) is 3. The van der Waals surface area contributed by atoms with Crippen LogP contribution in [0, 0.1) is 0 Å². The lowest BCUT2D eigenvalue weighted by Crippen LogP contribution is -2.25. The zero-order valence-electron chi connectivity index (χ0n) is 12.1. The molecule has 0 amide bonds. The standard InChI is InChI=1S/C15H20BrN3O/c1-4-9-17-14(15-13(16)10-18-19(15)2)11-5-7-12(20-3)8-6-11/h5-8,10,14,17H,4,9H2,1-3H3. The summed E-state index contributed by atoms with van der Waals surface area (Å²) in [4.78, 5) is 0. The number of nitrogens with zero attached hydrogens (tertiary/aromatic N) is 2. The summed E-state index contributed by atoms with van der Waals surface area (Å²) in [5.41, 5.74) is 2.33. The predicted octanol–water partition coefficient (Wildman–Crippen LogP) is 3.28. The van der Waals surface area contributed by atoms with Gasteiger partial charge in [0.25, 0.3) is 0 Å². The molecule has 1 aromatic carbocycles. The molecule has 2 rings (SSSR count). The van der Waals surface area contributed by atoms with E-state index in [-0.39, 0.29) is 6.04 Å². The lowest BCUT2D eigenvalue weighted by molar-refractivity contribution is 0.414. The number of benzene rings is 1. The number of aryl methyl sites for hydroxylation is 1. The van der Waals surface area contributed by atoms with Crippen LogP contribution in [0.15, 0.2) is 34.9 Å². The first-order valence-corrected chi connectivity index (χ1v) is 7.51. The highest BCUT2D eigenvalue weighted by Gasteiger charge is 2.20. The first-order valence-electron chi connectivity index (χ1n) is 6.72. The van der Waals surface area contributed by atoms with Crippen molar-refractivity contribution in [3.63, 3.8) is 0 Å². The van der Waals surface area contributed by atoms with Gasteiger partial charge >= 0.3 is 0 Å². The molecule has 0 radical (unpaired) electrons. The zero-order valence-corrected chi connectivity index (χ0v) is 13.6. The summed E-state index contributed by atoms with van der Waals surface area (Å²) >= 11 is 3.59. The normalized spacial score (nSPS) is 12.4. The fourth-order valence-electron chi connectivity index (χ4n) is 2.20. The molecule has 0 aliphatic heterocycles. The molecule has 2 aromatic rings. The van der Waals surface area contributed by atoms with Gasteiger partial charge < -0.3 is 10.1 Å². The van der Waals surface area contributed by atoms with Crippen molar-refractivity contribution in [3.05, 3.63) is 46.2 Å². The third-order valence-corrected chi connectivity index (χ3v) is 3.87. The van der Waals surface area contributed by atoms with Crippen molar-refractivity contribution in [2.24, 2.45) is 7.05 Å². The van der Waals surface area contributed by atoms with E-state index < -0.39 is 0 Å². The average molecular weight is 338 g/mol. The highest BCUT2D eigenvalue weighted by atomic mass is 79.9. The fourth-order valence-corrected chi connectivity index (χ4v) is 2.78. The Balaban J connectivity index is 2.36. The zero-order chi connectivity index (χ0) is 14.5. The topological polar surface area (TPSA) is 39.1 Å². The van der Waals surface area contributed by atoms with E-state index in [0.29, 0.717) is 0 Å². The third kappa shape index (κ3) is 3.22. The Kier molecular flexibility index (Phi) is 5.20. The molecular formula is C15H20BrN3O. The van der Waals surface area contributed by atoms with E-state index >= 15 is 0 Å². The van der Waals surface area contributed by atoms with Crippen molar-refractivity contribution < 1.29 is 4.74 Å². The molecule has 5 heteroatoms. The predicted molar refractivity (Wildman–Crippen MR) is 84.0 cm³/mol. The maximum atomic E-state index is 5.22. The Bertz CT molecular complexity index is 531. The van der Waals surface area contributed by atoms with Crippen LogP contribution in [0.3, 0.4) is 0 Å². The van der Waals surface area contributed by atoms with E-state index in [2.05, 4.69) is 45.4 Å². The van der Waals surface area contributed by atoms with Gasteiger partial charge in [0.15, 0.2) is 0 Å². The molecule has 1 N–H and O–H groups in total. The van der Waals surface area contributed by atoms with E-state index in [1.54, 1.807) is 7.11 Å². The minimum Gasteiger partial charge on any atom is -0.497 e. The van der Waals surface area contributed by atoms with Crippen LogP contribution in [0.1, 0.15) is 30.6 Å². The molecule has 4 nitrogen and oxygen atoms in total. The number of nitrogens with one attached hydrogen (secondary N) is 1. The second-order valence-corrected chi connectivity index (χ2v) is 5.52. The van der Waals surface area contributed by atoms with Crippen LogP contribution in [0.25, 0.3) is 0 Å². The lowest BCUT2D eigenvalue weighted by atomic mass is 10.0. The van der Waals surface area contributed by atoms with Crippen LogP contribution in [-0.4, -0.2) is 23.4 Å². The maximum absolute atomic E-state index is 5.22. The summed E-state index contributed by atoms with van der Waals surface area (Å²) in [7, 11) is 3.64. The second-order valence-electron chi connectivity index (χ2n) is 4.66. The minimum atomic E-state index is 0.114. The Labute approximate surface area is 128 Å². The molecule has 20 heavy (non-hydrogen) atoms. The molecule has 108 valence electrons. The van der Waals surface area contributed by atoms with Crippen molar-refractivity contribution >= 4 is 15.9 Å². The average Bonchev–Trinajstić information content (AvgIpc) is 2.80. The van der Waals surface area contributed by atoms with Crippen LogP contribution in [0.4, 0.5) is 0 Å². The molecule has 0 saturated heterocycles. The fraction of sp³-hybridized carbons (Fsp3) is 0.400. The van der Waals surface area contributed by atoms with Gasteiger partial charge in [-0.15, -0.1) is 0 Å². The van der Waals surface area contributed by atoms with Gasteiger partial charge in [-0.1, -0.05) is 19.1 Å². The van der Waals surface area contributed by atoms with Gasteiger partial charge in [0.1, 0.15) is 5.75 Å². The highest BCUT2D eigenvalue weighted by molar-refractivity contribution is 9.10.